The van der Waals surface area contributed by atoms with Gasteiger partial charge in [-0.25, -0.2) is 4.39 Å². The quantitative estimate of drug-likeness (QED) is 0.845. The average Bonchev–Trinajstić information content (AvgIpc) is 2.35. The fraction of sp³-hybridized carbons (Fsp3) is 0.0769. The van der Waals surface area contributed by atoms with Gasteiger partial charge in [-0.2, -0.15) is 0 Å². The number of methoxy groups -OCH3 is 1. The summed E-state index contributed by atoms with van der Waals surface area (Å²) in [4.78, 5) is 0. The molecule has 0 aliphatic heterocycles. The molecule has 2 aromatic carbocycles. The number of nitrogen functional groups attached to an aromatic ring is 1. The molecular formula is C13H12BrFN2O. The lowest BCUT2D eigenvalue weighted by Crippen LogP contribution is -1.95. The van der Waals surface area contributed by atoms with Crippen LogP contribution in [0, 0.1) is 5.82 Å². The maximum atomic E-state index is 13.3. The molecule has 0 aromatic heterocycles. The summed E-state index contributed by atoms with van der Waals surface area (Å²) in [5, 5.41) is 3.15. The van der Waals surface area contributed by atoms with Crippen LogP contribution in [-0.4, -0.2) is 7.11 Å². The third kappa shape index (κ3) is 2.73. The molecular weight excluding hydrogens is 299 g/mol. The smallest absolute Gasteiger partial charge is 0.165 e. The monoisotopic (exact) mass is 310 g/mol. The lowest BCUT2D eigenvalue weighted by atomic mass is 10.2. The van der Waals surface area contributed by atoms with Crippen LogP contribution in [0.2, 0.25) is 0 Å². The molecule has 0 fully saturated rings. The molecule has 0 radical (unpaired) electrons. The molecule has 5 heteroatoms. The van der Waals surface area contributed by atoms with Gasteiger partial charge in [-0.1, -0.05) is 0 Å². The molecule has 0 heterocycles. The zero-order valence-corrected chi connectivity index (χ0v) is 11.3. The van der Waals surface area contributed by atoms with E-state index in [1.54, 1.807) is 24.3 Å². The first-order valence-corrected chi connectivity index (χ1v) is 6.05. The standard InChI is InChI=1S/C13H12BrFN2O/c1-18-13-7-9(3-4-11(13)15)17-12-5-2-8(16)6-10(12)14/h2-7,17H,16H2,1H3. The van der Waals surface area contributed by atoms with Crippen LogP contribution in [-0.2, 0) is 0 Å². The van der Waals surface area contributed by atoms with E-state index in [9.17, 15) is 4.39 Å². The predicted molar refractivity (Wildman–Crippen MR) is 74.8 cm³/mol. The Hall–Kier alpha value is -1.75. The lowest BCUT2D eigenvalue weighted by Gasteiger charge is -2.10. The number of hydrogen-bond donors (Lipinski definition) is 2. The molecule has 0 atom stereocenters. The topological polar surface area (TPSA) is 47.3 Å². The van der Waals surface area contributed by atoms with E-state index in [0.29, 0.717) is 5.69 Å². The van der Waals surface area contributed by atoms with Crippen LogP contribution in [0.3, 0.4) is 0 Å². The molecule has 0 saturated heterocycles. The zero-order chi connectivity index (χ0) is 13.1. The van der Waals surface area contributed by atoms with Crippen molar-refractivity contribution >= 4 is 33.0 Å². The van der Waals surface area contributed by atoms with Crippen LogP contribution in [0.15, 0.2) is 40.9 Å². The molecule has 0 amide bonds. The summed E-state index contributed by atoms with van der Waals surface area (Å²) >= 11 is 3.41. The van der Waals surface area contributed by atoms with E-state index in [1.165, 1.54) is 13.2 Å². The van der Waals surface area contributed by atoms with Crippen LogP contribution < -0.4 is 15.8 Å². The first kappa shape index (κ1) is 12.7. The van der Waals surface area contributed by atoms with Crippen molar-refractivity contribution in [2.75, 3.05) is 18.2 Å². The Morgan fingerprint density at radius 3 is 2.67 bits per heavy atom. The number of halogens is 2. The van der Waals surface area contributed by atoms with E-state index >= 15 is 0 Å². The Bertz CT molecular complexity index is 575. The number of nitrogens with two attached hydrogens (primary N) is 1. The summed E-state index contributed by atoms with van der Waals surface area (Å²) in [6, 6.07) is 10.0. The molecule has 0 saturated carbocycles. The van der Waals surface area contributed by atoms with E-state index in [2.05, 4.69) is 21.2 Å². The van der Waals surface area contributed by atoms with Gasteiger partial charge in [0.05, 0.1) is 12.8 Å². The normalized spacial score (nSPS) is 10.2. The largest absolute Gasteiger partial charge is 0.494 e. The SMILES string of the molecule is COc1cc(Nc2ccc(N)cc2Br)ccc1F. The highest BCUT2D eigenvalue weighted by molar-refractivity contribution is 9.10. The van der Waals surface area contributed by atoms with Crippen molar-refractivity contribution < 1.29 is 9.13 Å². The Balaban J connectivity index is 2.28. The van der Waals surface area contributed by atoms with Crippen molar-refractivity contribution in [3.8, 4) is 5.75 Å². The highest BCUT2D eigenvalue weighted by Gasteiger charge is 2.05. The fourth-order valence-corrected chi connectivity index (χ4v) is 2.02. The summed E-state index contributed by atoms with van der Waals surface area (Å²) in [5.41, 5.74) is 7.91. The number of anilines is 3. The minimum Gasteiger partial charge on any atom is -0.494 e. The second-order valence-electron chi connectivity index (χ2n) is 3.71. The number of benzene rings is 2. The van der Waals surface area contributed by atoms with Crippen LogP contribution in [0.1, 0.15) is 0 Å². The molecule has 3 N–H and O–H groups in total. The minimum absolute atomic E-state index is 0.201. The molecule has 18 heavy (non-hydrogen) atoms. The van der Waals surface area contributed by atoms with Gasteiger partial charge < -0.3 is 15.8 Å². The van der Waals surface area contributed by atoms with Crippen molar-refractivity contribution in [3.05, 3.63) is 46.7 Å². The van der Waals surface area contributed by atoms with Crippen molar-refractivity contribution in [1.29, 1.82) is 0 Å². The van der Waals surface area contributed by atoms with Gasteiger partial charge in [0.1, 0.15) is 0 Å². The summed E-state index contributed by atoms with van der Waals surface area (Å²) in [5.74, 6) is -0.189. The lowest BCUT2D eigenvalue weighted by molar-refractivity contribution is 0.387. The van der Waals surface area contributed by atoms with Gasteiger partial charge in [-0.3, -0.25) is 0 Å². The van der Waals surface area contributed by atoms with Crippen molar-refractivity contribution in [2.45, 2.75) is 0 Å². The Morgan fingerprint density at radius 2 is 2.00 bits per heavy atom. The highest BCUT2D eigenvalue weighted by atomic mass is 79.9. The highest BCUT2D eigenvalue weighted by Crippen LogP contribution is 2.29. The average molecular weight is 311 g/mol. The van der Waals surface area contributed by atoms with E-state index < -0.39 is 0 Å². The van der Waals surface area contributed by atoms with Gasteiger partial charge in [0.15, 0.2) is 11.6 Å². The Labute approximate surface area is 113 Å². The third-order valence-corrected chi connectivity index (χ3v) is 3.08. The number of ether oxygens (including phenoxy) is 1. The molecule has 0 spiro atoms. The first-order valence-electron chi connectivity index (χ1n) is 5.26. The van der Waals surface area contributed by atoms with E-state index in [4.69, 9.17) is 10.5 Å². The van der Waals surface area contributed by atoms with Crippen LogP contribution in [0.5, 0.6) is 5.75 Å². The molecule has 0 unspecified atom stereocenters. The number of rotatable bonds is 3. The minimum atomic E-state index is -0.389. The van der Waals surface area contributed by atoms with Crippen molar-refractivity contribution in [2.24, 2.45) is 0 Å². The van der Waals surface area contributed by atoms with Crippen LogP contribution >= 0.6 is 15.9 Å². The molecule has 2 aromatic rings. The maximum Gasteiger partial charge on any atom is 0.165 e. The van der Waals surface area contributed by atoms with Gasteiger partial charge in [0.25, 0.3) is 0 Å². The Kier molecular flexibility index (Phi) is 3.72. The summed E-state index contributed by atoms with van der Waals surface area (Å²) in [7, 11) is 1.43. The molecule has 0 bridgehead atoms. The van der Waals surface area contributed by atoms with Gasteiger partial charge in [0.2, 0.25) is 0 Å². The van der Waals surface area contributed by atoms with Gasteiger partial charge in [-0.15, -0.1) is 0 Å². The second-order valence-corrected chi connectivity index (χ2v) is 4.57. The molecule has 2 rings (SSSR count). The molecule has 0 aliphatic rings. The second kappa shape index (κ2) is 5.27. The first-order chi connectivity index (χ1) is 8.60. The van der Waals surface area contributed by atoms with Crippen LogP contribution in [0.25, 0.3) is 0 Å². The summed E-state index contributed by atoms with van der Waals surface area (Å²) in [6.45, 7) is 0. The van der Waals surface area contributed by atoms with Crippen molar-refractivity contribution in [3.63, 3.8) is 0 Å². The third-order valence-electron chi connectivity index (χ3n) is 2.42. The predicted octanol–water partition coefficient (Wildman–Crippen LogP) is 3.92. The Morgan fingerprint density at radius 1 is 1.22 bits per heavy atom. The van der Waals surface area contributed by atoms with Crippen molar-refractivity contribution in [1.82, 2.24) is 0 Å². The van der Waals surface area contributed by atoms with E-state index in [0.717, 1.165) is 15.8 Å². The molecule has 3 nitrogen and oxygen atoms in total. The molecule has 94 valence electrons. The number of hydrogen-bond acceptors (Lipinski definition) is 3. The van der Waals surface area contributed by atoms with E-state index in [1.807, 2.05) is 6.07 Å². The fourth-order valence-electron chi connectivity index (χ4n) is 1.53. The van der Waals surface area contributed by atoms with Gasteiger partial charge >= 0.3 is 0 Å². The van der Waals surface area contributed by atoms with Gasteiger partial charge in [0, 0.05) is 21.9 Å². The number of nitrogens with one attached hydrogen (secondary N) is 1. The van der Waals surface area contributed by atoms with Crippen LogP contribution in [0.4, 0.5) is 21.5 Å². The molecule has 0 aliphatic carbocycles. The maximum absolute atomic E-state index is 13.3. The summed E-state index contributed by atoms with van der Waals surface area (Å²) < 4.78 is 19.0. The zero-order valence-electron chi connectivity index (χ0n) is 9.71. The van der Waals surface area contributed by atoms with Gasteiger partial charge in [-0.05, 0) is 46.3 Å². The van der Waals surface area contributed by atoms with E-state index in [-0.39, 0.29) is 11.6 Å². The summed E-state index contributed by atoms with van der Waals surface area (Å²) in [6.07, 6.45) is 0.